The zero-order valence-electron chi connectivity index (χ0n) is 10.7. The minimum absolute atomic E-state index is 0.0873. The molecule has 1 unspecified atom stereocenters. The van der Waals surface area contributed by atoms with Gasteiger partial charge >= 0.3 is 6.18 Å². The van der Waals surface area contributed by atoms with Crippen LogP contribution in [0.5, 0.6) is 0 Å². The summed E-state index contributed by atoms with van der Waals surface area (Å²) in [5.41, 5.74) is 0.0873. The molecule has 0 saturated carbocycles. The highest BCUT2D eigenvalue weighted by Crippen LogP contribution is 2.28. The van der Waals surface area contributed by atoms with Crippen LogP contribution in [0.1, 0.15) is 12.7 Å². The molecule has 0 aliphatic carbocycles. The highest BCUT2D eigenvalue weighted by atomic mass is 19.4. The van der Waals surface area contributed by atoms with Crippen molar-refractivity contribution in [3.63, 3.8) is 0 Å². The Morgan fingerprint density at radius 1 is 1.30 bits per heavy atom. The molecule has 2 aromatic rings. The van der Waals surface area contributed by atoms with E-state index in [2.05, 4.69) is 20.6 Å². The largest absolute Gasteiger partial charge is 0.453 e. The van der Waals surface area contributed by atoms with E-state index in [4.69, 9.17) is 0 Å². The molecule has 108 valence electrons. The van der Waals surface area contributed by atoms with Crippen molar-refractivity contribution in [2.75, 3.05) is 24.5 Å². The first kappa shape index (κ1) is 13.1. The SMILES string of the molecule is CC1CN(c2ccc3nnc(C(F)(F)F)n3n2)CCN1. The highest BCUT2D eigenvalue weighted by Gasteiger charge is 2.37. The summed E-state index contributed by atoms with van der Waals surface area (Å²) in [7, 11) is 0. The molecule has 9 heteroatoms. The van der Waals surface area contributed by atoms with E-state index in [9.17, 15) is 13.2 Å². The monoisotopic (exact) mass is 286 g/mol. The molecule has 1 aliphatic rings. The first-order valence-electron chi connectivity index (χ1n) is 6.23. The number of nitrogens with zero attached hydrogens (tertiary/aromatic N) is 5. The van der Waals surface area contributed by atoms with Crippen molar-refractivity contribution in [3.05, 3.63) is 18.0 Å². The normalized spacial score (nSPS) is 20.6. The van der Waals surface area contributed by atoms with Crippen LogP contribution in [-0.2, 0) is 6.18 Å². The fourth-order valence-electron chi connectivity index (χ4n) is 2.27. The molecule has 1 N–H and O–H groups in total. The third-order valence-corrected chi connectivity index (χ3v) is 3.20. The lowest BCUT2D eigenvalue weighted by molar-refractivity contribution is -0.146. The molecule has 0 amide bonds. The van der Waals surface area contributed by atoms with Crippen molar-refractivity contribution in [3.8, 4) is 0 Å². The molecule has 6 nitrogen and oxygen atoms in total. The van der Waals surface area contributed by atoms with Crippen molar-refractivity contribution in [1.29, 1.82) is 0 Å². The summed E-state index contributed by atoms with van der Waals surface area (Å²) in [4.78, 5) is 1.95. The second-order valence-corrected chi connectivity index (χ2v) is 4.78. The number of hydrogen-bond acceptors (Lipinski definition) is 5. The quantitative estimate of drug-likeness (QED) is 0.845. The van der Waals surface area contributed by atoms with Gasteiger partial charge in [-0.15, -0.1) is 15.3 Å². The van der Waals surface area contributed by atoms with E-state index >= 15 is 0 Å². The predicted molar refractivity (Wildman–Crippen MR) is 65.5 cm³/mol. The van der Waals surface area contributed by atoms with Crippen LogP contribution >= 0.6 is 0 Å². The van der Waals surface area contributed by atoms with Gasteiger partial charge in [-0.25, -0.2) is 0 Å². The average Bonchev–Trinajstić information content (AvgIpc) is 2.81. The zero-order valence-corrected chi connectivity index (χ0v) is 10.7. The van der Waals surface area contributed by atoms with E-state index in [-0.39, 0.29) is 11.7 Å². The average molecular weight is 286 g/mol. The van der Waals surface area contributed by atoms with E-state index in [0.29, 0.717) is 18.9 Å². The fraction of sp³-hybridized carbons (Fsp3) is 0.545. The predicted octanol–water partition coefficient (Wildman–Crippen LogP) is 0.941. The first-order chi connectivity index (χ1) is 9.45. The van der Waals surface area contributed by atoms with Gasteiger partial charge in [0.05, 0.1) is 0 Å². The van der Waals surface area contributed by atoms with Gasteiger partial charge in [-0.2, -0.15) is 17.7 Å². The summed E-state index contributed by atoms with van der Waals surface area (Å²) < 4.78 is 39.2. The van der Waals surface area contributed by atoms with Crippen LogP contribution < -0.4 is 10.2 Å². The molecule has 1 aliphatic heterocycles. The highest BCUT2D eigenvalue weighted by molar-refractivity contribution is 5.46. The summed E-state index contributed by atoms with van der Waals surface area (Å²) in [6.07, 6.45) is -4.57. The van der Waals surface area contributed by atoms with E-state index in [0.717, 1.165) is 11.1 Å². The van der Waals surface area contributed by atoms with Gasteiger partial charge in [0.25, 0.3) is 5.82 Å². The van der Waals surface area contributed by atoms with Crippen LogP contribution in [0.2, 0.25) is 0 Å². The Hall–Kier alpha value is -1.90. The number of piperazine rings is 1. The molecular weight excluding hydrogens is 273 g/mol. The molecule has 1 atom stereocenters. The van der Waals surface area contributed by atoms with Crippen LogP contribution in [0, 0.1) is 0 Å². The van der Waals surface area contributed by atoms with Gasteiger partial charge in [-0.05, 0) is 19.1 Å². The van der Waals surface area contributed by atoms with E-state index in [1.165, 1.54) is 6.07 Å². The van der Waals surface area contributed by atoms with Gasteiger partial charge in [0, 0.05) is 25.7 Å². The number of halogens is 3. The van der Waals surface area contributed by atoms with Gasteiger partial charge in [0.15, 0.2) is 5.65 Å². The molecular formula is C11H13F3N6. The number of anilines is 1. The first-order valence-corrected chi connectivity index (χ1v) is 6.23. The van der Waals surface area contributed by atoms with Gasteiger partial charge in [0.2, 0.25) is 0 Å². The van der Waals surface area contributed by atoms with Crippen molar-refractivity contribution < 1.29 is 13.2 Å². The van der Waals surface area contributed by atoms with Crippen molar-refractivity contribution in [1.82, 2.24) is 25.1 Å². The number of nitrogens with one attached hydrogen (secondary N) is 1. The molecule has 2 aromatic heterocycles. The lowest BCUT2D eigenvalue weighted by Crippen LogP contribution is -2.49. The molecule has 0 aromatic carbocycles. The van der Waals surface area contributed by atoms with E-state index in [1.54, 1.807) is 6.07 Å². The minimum atomic E-state index is -4.57. The van der Waals surface area contributed by atoms with Crippen LogP contribution in [-0.4, -0.2) is 45.5 Å². The minimum Gasteiger partial charge on any atom is -0.352 e. The number of alkyl halides is 3. The second-order valence-electron chi connectivity index (χ2n) is 4.78. The molecule has 3 rings (SSSR count). The maximum Gasteiger partial charge on any atom is 0.453 e. The van der Waals surface area contributed by atoms with E-state index in [1.807, 2.05) is 11.8 Å². The molecule has 1 fully saturated rings. The number of fused-ring (bicyclic) bond motifs is 1. The number of rotatable bonds is 1. The van der Waals surface area contributed by atoms with Gasteiger partial charge in [-0.1, -0.05) is 0 Å². The van der Waals surface area contributed by atoms with Crippen molar-refractivity contribution in [2.24, 2.45) is 0 Å². The molecule has 1 saturated heterocycles. The number of aromatic nitrogens is 4. The molecule has 0 radical (unpaired) electrons. The maximum atomic E-state index is 12.8. The second kappa shape index (κ2) is 4.58. The molecule has 0 spiro atoms. The lowest BCUT2D eigenvalue weighted by Gasteiger charge is -2.32. The lowest BCUT2D eigenvalue weighted by atomic mass is 10.2. The zero-order chi connectivity index (χ0) is 14.3. The van der Waals surface area contributed by atoms with E-state index < -0.39 is 12.0 Å². The molecule has 3 heterocycles. The summed E-state index contributed by atoms with van der Waals surface area (Å²) in [6.45, 7) is 4.19. The van der Waals surface area contributed by atoms with Crippen molar-refractivity contribution in [2.45, 2.75) is 19.1 Å². The Morgan fingerprint density at radius 2 is 2.10 bits per heavy atom. The van der Waals surface area contributed by atoms with Crippen LogP contribution in [0.4, 0.5) is 19.0 Å². The van der Waals surface area contributed by atoms with Gasteiger partial charge < -0.3 is 10.2 Å². The summed E-state index contributed by atoms with van der Waals surface area (Å²) >= 11 is 0. The number of hydrogen-bond donors (Lipinski definition) is 1. The molecule has 20 heavy (non-hydrogen) atoms. The maximum absolute atomic E-state index is 12.8. The summed E-state index contributed by atoms with van der Waals surface area (Å²) in [5.74, 6) is -0.603. The Labute approximate surface area is 112 Å². The van der Waals surface area contributed by atoms with Crippen LogP contribution in [0.3, 0.4) is 0 Å². The van der Waals surface area contributed by atoms with Crippen LogP contribution in [0.15, 0.2) is 12.1 Å². The van der Waals surface area contributed by atoms with Crippen LogP contribution in [0.25, 0.3) is 5.65 Å². The van der Waals surface area contributed by atoms with Gasteiger partial charge in [-0.3, -0.25) is 0 Å². The standard InChI is InChI=1S/C11H13F3N6/c1-7-6-19(5-4-15-7)9-3-2-8-16-17-10(11(12,13)14)20(8)18-9/h2-3,7,15H,4-6H2,1H3. The third-order valence-electron chi connectivity index (χ3n) is 3.20. The summed E-state index contributed by atoms with van der Waals surface area (Å²) in [5, 5.41) is 13.9. The van der Waals surface area contributed by atoms with Gasteiger partial charge in [0.1, 0.15) is 5.82 Å². The Balaban J connectivity index is 2.01. The Kier molecular flexibility index (Phi) is 3.00. The molecule has 0 bridgehead atoms. The smallest absolute Gasteiger partial charge is 0.352 e. The Bertz CT molecular complexity index is 622. The summed E-state index contributed by atoms with van der Waals surface area (Å²) in [6, 6.07) is 3.43. The third kappa shape index (κ3) is 2.28. The topological polar surface area (TPSA) is 58.4 Å². The fourth-order valence-corrected chi connectivity index (χ4v) is 2.27. The Morgan fingerprint density at radius 3 is 2.80 bits per heavy atom. The van der Waals surface area contributed by atoms with Crippen molar-refractivity contribution >= 4 is 11.5 Å².